The van der Waals surface area contributed by atoms with Gasteiger partial charge in [0.1, 0.15) is 0 Å². The van der Waals surface area contributed by atoms with Crippen LogP contribution in [0.15, 0.2) is 34.5 Å². The molecule has 2 aliphatic rings. The van der Waals surface area contributed by atoms with Crippen molar-refractivity contribution >= 4 is 23.5 Å². The van der Waals surface area contributed by atoms with Crippen molar-refractivity contribution in [2.45, 2.75) is 6.04 Å². The number of benzene rings is 1. The number of azo groups is 1. The van der Waals surface area contributed by atoms with Crippen LogP contribution >= 0.6 is 0 Å². The molecule has 0 radical (unpaired) electrons. The lowest BCUT2D eigenvalue weighted by atomic mass is 10.1. The molecule has 7 nitrogen and oxygen atoms in total. The molecule has 20 heavy (non-hydrogen) atoms. The van der Waals surface area contributed by atoms with Gasteiger partial charge in [-0.2, -0.15) is 10.2 Å². The van der Waals surface area contributed by atoms with E-state index in [1.165, 1.54) is 19.2 Å². The number of methoxy groups -OCH3 is 1. The van der Waals surface area contributed by atoms with Gasteiger partial charge in [0.05, 0.1) is 30.8 Å². The van der Waals surface area contributed by atoms with Gasteiger partial charge in [0.2, 0.25) is 5.91 Å². The molecule has 0 bridgehead atoms. The lowest BCUT2D eigenvalue weighted by Gasteiger charge is -2.14. The van der Waals surface area contributed by atoms with Crippen LogP contribution < -0.4 is 4.90 Å². The molecule has 1 fully saturated rings. The van der Waals surface area contributed by atoms with E-state index in [1.54, 1.807) is 12.1 Å². The lowest BCUT2D eigenvalue weighted by Crippen LogP contribution is -2.32. The largest absolute Gasteiger partial charge is 0.465 e. The average molecular weight is 273 g/mol. The van der Waals surface area contributed by atoms with Crippen LogP contribution in [0, 0.1) is 5.92 Å². The summed E-state index contributed by atoms with van der Waals surface area (Å²) < 4.78 is 4.59. The first-order valence-corrected chi connectivity index (χ1v) is 6.06. The van der Waals surface area contributed by atoms with Crippen molar-refractivity contribution in [3.63, 3.8) is 0 Å². The smallest absolute Gasteiger partial charge is 0.337 e. The summed E-state index contributed by atoms with van der Waals surface area (Å²) in [6.07, 6.45) is 0. The molecular weight excluding hydrogens is 262 g/mol. The molecule has 2 unspecified atom stereocenters. The maximum Gasteiger partial charge on any atom is 0.337 e. The third-order valence-corrected chi connectivity index (χ3v) is 3.42. The average Bonchev–Trinajstić information content (AvgIpc) is 3.03. The van der Waals surface area contributed by atoms with Crippen LogP contribution in [0.4, 0.5) is 5.69 Å². The zero-order valence-corrected chi connectivity index (χ0v) is 10.6. The predicted octanol–water partition coefficient (Wildman–Crippen LogP) is 0.797. The lowest BCUT2D eigenvalue weighted by molar-refractivity contribution is -0.122. The fraction of sp³-hybridized carbons (Fsp3) is 0.308. The Morgan fingerprint density at radius 1 is 1.25 bits per heavy atom. The van der Waals surface area contributed by atoms with Gasteiger partial charge in [-0.1, -0.05) is 0 Å². The summed E-state index contributed by atoms with van der Waals surface area (Å²) in [5, 5.41) is 7.54. The zero-order chi connectivity index (χ0) is 14.3. The molecule has 1 aromatic rings. The van der Waals surface area contributed by atoms with Crippen LogP contribution in [0.5, 0.6) is 0 Å². The highest BCUT2D eigenvalue weighted by atomic mass is 16.5. The summed E-state index contributed by atoms with van der Waals surface area (Å²) in [6, 6.07) is 5.41. The van der Waals surface area contributed by atoms with Gasteiger partial charge < -0.3 is 4.74 Å². The van der Waals surface area contributed by atoms with Gasteiger partial charge in [-0.3, -0.25) is 9.59 Å². The maximum atomic E-state index is 12.2. The zero-order valence-electron chi connectivity index (χ0n) is 10.6. The minimum Gasteiger partial charge on any atom is -0.465 e. The third-order valence-electron chi connectivity index (χ3n) is 3.42. The van der Waals surface area contributed by atoms with Gasteiger partial charge in [0.25, 0.3) is 5.91 Å². The van der Waals surface area contributed by atoms with Gasteiger partial charge in [-0.05, 0) is 24.3 Å². The molecule has 2 amide bonds. The summed E-state index contributed by atoms with van der Waals surface area (Å²) >= 11 is 0. The summed E-state index contributed by atoms with van der Waals surface area (Å²) in [4.78, 5) is 36.7. The number of amides is 2. The van der Waals surface area contributed by atoms with E-state index in [1.807, 2.05) is 0 Å². The Kier molecular flexibility index (Phi) is 2.81. The van der Waals surface area contributed by atoms with Crippen LogP contribution in [0.3, 0.4) is 0 Å². The second-order valence-corrected chi connectivity index (χ2v) is 4.54. The molecule has 0 N–H and O–H groups in total. The molecule has 0 aromatic heterocycles. The standard InChI is InChI=1S/C13H11N3O4/c1-20-13(19)7-2-4-8(5-3-7)16-11(17)9-6-14-15-10(9)12(16)18/h2-5,9-10H,6H2,1H3. The Labute approximate surface area is 114 Å². The molecule has 1 saturated heterocycles. The third kappa shape index (κ3) is 1.70. The molecule has 2 aliphatic heterocycles. The highest BCUT2D eigenvalue weighted by Crippen LogP contribution is 2.32. The first-order chi connectivity index (χ1) is 9.63. The highest BCUT2D eigenvalue weighted by molar-refractivity contribution is 6.23. The number of nitrogens with zero attached hydrogens (tertiary/aromatic N) is 3. The molecule has 2 atom stereocenters. The van der Waals surface area contributed by atoms with Crippen molar-refractivity contribution in [2.75, 3.05) is 18.6 Å². The molecule has 0 saturated carbocycles. The Bertz CT molecular complexity index is 623. The molecule has 2 heterocycles. The van der Waals surface area contributed by atoms with Crippen molar-refractivity contribution in [3.8, 4) is 0 Å². The van der Waals surface area contributed by atoms with E-state index in [0.717, 1.165) is 4.90 Å². The molecule has 3 rings (SSSR count). The van der Waals surface area contributed by atoms with Gasteiger partial charge in [-0.15, -0.1) is 0 Å². The normalized spacial score (nSPS) is 24.1. The Morgan fingerprint density at radius 2 is 1.95 bits per heavy atom. The summed E-state index contributed by atoms with van der Waals surface area (Å²) in [5.41, 5.74) is 0.785. The van der Waals surface area contributed by atoms with Crippen LogP contribution in [0.1, 0.15) is 10.4 Å². The van der Waals surface area contributed by atoms with Crippen LogP contribution in [-0.4, -0.2) is 37.5 Å². The minimum absolute atomic E-state index is 0.256. The summed E-state index contributed by atoms with van der Waals surface area (Å²) in [5.74, 6) is -1.62. The van der Waals surface area contributed by atoms with E-state index in [-0.39, 0.29) is 18.4 Å². The SMILES string of the molecule is COC(=O)c1ccc(N2C(=O)C3CN=NC3C2=O)cc1. The number of fused-ring (bicyclic) bond motifs is 1. The first-order valence-electron chi connectivity index (χ1n) is 6.06. The molecule has 102 valence electrons. The van der Waals surface area contributed by atoms with Crippen molar-refractivity contribution in [1.29, 1.82) is 0 Å². The molecule has 0 aliphatic carbocycles. The summed E-state index contributed by atoms with van der Waals surface area (Å²) in [6.45, 7) is 0.256. The number of hydrogen-bond donors (Lipinski definition) is 0. The van der Waals surface area contributed by atoms with Gasteiger partial charge >= 0.3 is 5.97 Å². The van der Waals surface area contributed by atoms with E-state index in [2.05, 4.69) is 15.0 Å². The molecular formula is C13H11N3O4. The maximum absolute atomic E-state index is 12.2. The molecule has 7 heteroatoms. The second kappa shape index (κ2) is 4.52. The summed E-state index contributed by atoms with van der Waals surface area (Å²) in [7, 11) is 1.29. The second-order valence-electron chi connectivity index (χ2n) is 4.54. The number of esters is 1. The van der Waals surface area contributed by atoms with Crippen LogP contribution in [0.25, 0.3) is 0 Å². The first kappa shape index (κ1) is 12.5. The van der Waals surface area contributed by atoms with Gasteiger partial charge in [0, 0.05) is 0 Å². The van der Waals surface area contributed by atoms with E-state index in [4.69, 9.17) is 0 Å². The van der Waals surface area contributed by atoms with Gasteiger partial charge in [-0.25, -0.2) is 9.69 Å². The van der Waals surface area contributed by atoms with Crippen molar-refractivity contribution in [2.24, 2.45) is 16.1 Å². The Balaban J connectivity index is 1.90. The number of ether oxygens (including phenoxy) is 1. The number of rotatable bonds is 2. The van der Waals surface area contributed by atoms with E-state index in [9.17, 15) is 14.4 Å². The van der Waals surface area contributed by atoms with Crippen LogP contribution in [0.2, 0.25) is 0 Å². The molecule has 1 aromatic carbocycles. The van der Waals surface area contributed by atoms with Gasteiger partial charge in [0.15, 0.2) is 6.04 Å². The number of imide groups is 1. The fourth-order valence-corrected chi connectivity index (χ4v) is 2.36. The van der Waals surface area contributed by atoms with Crippen molar-refractivity contribution in [1.82, 2.24) is 0 Å². The number of carbonyl (C=O) groups is 3. The Hall–Kier alpha value is -2.57. The van der Waals surface area contributed by atoms with E-state index in [0.29, 0.717) is 11.3 Å². The van der Waals surface area contributed by atoms with Crippen molar-refractivity contribution < 1.29 is 19.1 Å². The predicted molar refractivity (Wildman–Crippen MR) is 67.3 cm³/mol. The Morgan fingerprint density at radius 3 is 2.55 bits per heavy atom. The van der Waals surface area contributed by atoms with Crippen molar-refractivity contribution in [3.05, 3.63) is 29.8 Å². The fourth-order valence-electron chi connectivity index (χ4n) is 2.36. The van der Waals surface area contributed by atoms with E-state index >= 15 is 0 Å². The number of anilines is 1. The monoisotopic (exact) mass is 273 g/mol. The topological polar surface area (TPSA) is 88.4 Å². The highest BCUT2D eigenvalue weighted by Gasteiger charge is 2.50. The quantitative estimate of drug-likeness (QED) is 0.588. The number of hydrogen-bond acceptors (Lipinski definition) is 6. The minimum atomic E-state index is -0.692. The van der Waals surface area contributed by atoms with Crippen LogP contribution in [-0.2, 0) is 14.3 Å². The number of carbonyl (C=O) groups excluding carboxylic acids is 3. The molecule has 0 spiro atoms. The van der Waals surface area contributed by atoms with E-state index < -0.39 is 17.9 Å².